The normalized spacial score (nSPS) is 13.3. The summed E-state index contributed by atoms with van der Waals surface area (Å²) >= 11 is 0. The molecule has 0 saturated heterocycles. The molecule has 8 aromatic carbocycles. The van der Waals surface area contributed by atoms with Crippen molar-refractivity contribution in [2.45, 2.75) is 0 Å². The smallest absolute Gasteiger partial charge is 0.166 e. The zero-order valence-corrected chi connectivity index (χ0v) is 28.6. The van der Waals surface area contributed by atoms with Crippen LogP contribution >= 0.6 is 0 Å². The van der Waals surface area contributed by atoms with E-state index in [1.807, 2.05) is 121 Å². The molecule has 3 aromatic heterocycles. The molecule has 0 amide bonds. The number of fused-ring (bicyclic) bond motifs is 7. The molecule has 0 bridgehead atoms. The molecule has 5 nitrogen and oxygen atoms in total. The molecule has 0 aliphatic rings. The number of benzene rings is 8. The monoisotopic (exact) mass is 696 g/mol. The maximum Gasteiger partial charge on any atom is 0.166 e. The van der Waals surface area contributed by atoms with E-state index in [-0.39, 0.29) is 58.1 Å². The summed E-state index contributed by atoms with van der Waals surface area (Å²) < 4.78 is 62.2. The molecule has 0 N–H and O–H groups in total. The fourth-order valence-electron chi connectivity index (χ4n) is 7.47. The van der Waals surface area contributed by atoms with Crippen molar-refractivity contribution in [2.75, 3.05) is 0 Å². The average Bonchev–Trinajstić information content (AvgIpc) is 3.85. The summed E-state index contributed by atoms with van der Waals surface area (Å²) in [6, 6.07) is 45.2. The van der Waals surface area contributed by atoms with E-state index < -0.39 is 0 Å². The van der Waals surface area contributed by atoms with Crippen LogP contribution in [0.2, 0.25) is 0 Å². The van der Waals surface area contributed by atoms with E-state index in [1.54, 1.807) is 4.57 Å². The van der Waals surface area contributed by atoms with Gasteiger partial charge in [-0.05, 0) is 52.7 Å². The number of hydrogen-bond donors (Lipinski definition) is 0. The molecule has 0 unspecified atom stereocenters. The molecule has 0 fully saturated rings. The van der Waals surface area contributed by atoms with Crippen molar-refractivity contribution in [3.63, 3.8) is 0 Å². The number of hydrogen-bond acceptors (Lipinski definition) is 4. The van der Waals surface area contributed by atoms with Crippen molar-refractivity contribution in [1.82, 2.24) is 19.5 Å². The largest absolute Gasteiger partial charge is 0.455 e. The number of furan rings is 1. The van der Waals surface area contributed by atoms with Crippen molar-refractivity contribution >= 4 is 54.5 Å². The third-order valence-corrected chi connectivity index (χ3v) is 10.00. The van der Waals surface area contributed by atoms with Gasteiger partial charge in [0, 0.05) is 43.8 Å². The van der Waals surface area contributed by atoms with Crippen molar-refractivity contribution in [2.24, 2.45) is 0 Å². The van der Waals surface area contributed by atoms with Gasteiger partial charge in [-0.3, -0.25) is 0 Å². The van der Waals surface area contributed by atoms with E-state index in [0.29, 0.717) is 34.3 Å². The zero-order chi connectivity index (χ0) is 40.8. The molecule has 0 aliphatic carbocycles. The van der Waals surface area contributed by atoms with Crippen molar-refractivity contribution < 1.29 is 12.6 Å². The Bertz CT molecular complexity index is 3510. The molecule has 3 heterocycles. The second kappa shape index (κ2) is 12.1. The summed E-state index contributed by atoms with van der Waals surface area (Å²) in [7, 11) is 0. The highest BCUT2D eigenvalue weighted by atomic mass is 16.3. The average molecular weight is 697 g/mol. The van der Waals surface area contributed by atoms with Crippen LogP contribution in [0.25, 0.3) is 105 Å². The summed E-state index contributed by atoms with van der Waals surface area (Å²) in [6.07, 6.45) is 0. The highest BCUT2D eigenvalue weighted by Crippen LogP contribution is 2.41. The van der Waals surface area contributed by atoms with Crippen LogP contribution in [0.3, 0.4) is 0 Å². The maximum absolute atomic E-state index is 9.29. The molecule has 5 heteroatoms. The fourth-order valence-corrected chi connectivity index (χ4v) is 7.47. The summed E-state index contributed by atoms with van der Waals surface area (Å²) in [5.74, 6) is 1.20. The topological polar surface area (TPSA) is 56.7 Å². The molecule has 0 spiro atoms. The highest BCUT2D eigenvalue weighted by molar-refractivity contribution is 6.11. The van der Waals surface area contributed by atoms with Gasteiger partial charge >= 0.3 is 0 Å². The first-order valence-electron chi connectivity index (χ1n) is 20.6. The molecule has 0 aliphatic heterocycles. The lowest BCUT2D eigenvalue weighted by Crippen LogP contribution is -2.04. The van der Waals surface area contributed by atoms with Gasteiger partial charge in [0.1, 0.15) is 11.2 Å². The van der Waals surface area contributed by atoms with E-state index in [2.05, 4.69) is 12.1 Å². The van der Waals surface area contributed by atoms with Gasteiger partial charge in [0.15, 0.2) is 17.5 Å². The molecule has 54 heavy (non-hydrogen) atoms. The third-order valence-electron chi connectivity index (χ3n) is 10.00. The van der Waals surface area contributed by atoms with Gasteiger partial charge in [0.05, 0.1) is 24.9 Å². The molecule has 0 radical (unpaired) electrons. The Morgan fingerprint density at radius 2 is 1.11 bits per heavy atom. The molecular weight excluding hydrogens is 661 g/mol. The Morgan fingerprint density at radius 3 is 1.93 bits per heavy atom. The van der Waals surface area contributed by atoms with Gasteiger partial charge in [-0.2, -0.15) is 0 Å². The molecule has 11 aromatic rings. The third kappa shape index (κ3) is 4.83. The lowest BCUT2D eigenvalue weighted by Gasteiger charge is -2.16. The lowest BCUT2D eigenvalue weighted by atomic mass is 9.99. The van der Waals surface area contributed by atoms with E-state index in [9.17, 15) is 2.74 Å². The van der Waals surface area contributed by atoms with E-state index in [1.165, 1.54) is 12.1 Å². The standard InChI is InChI=1S/C49H30N4O/c1-2-14-32(15-3-1)47-50-48(35-26-25-31-13-4-5-16-33(31)29-35)52-49(51-47)41-28-27-34(36-20-12-21-40-39-19-8-11-24-45(39)54-46(36)40)30-44(41)53-42-22-9-6-17-37(42)38-18-7-10-23-43(38)53/h1-30H/i6D,7D,17D,18D,22D,23D. The van der Waals surface area contributed by atoms with Crippen LogP contribution in [0.4, 0.5) is 0 Å². The summed E-state index contributed by atoms with van der Waals surface area (Å²) in [5.41, 5.74) is 6.00. The Balaban J connectivity index is 1.27. The van der Waals surface area contributed by atoms with Crippen LogP contribution in [0.5, 0.6) is 0 Å². The SMILES string of the molecule is [2H]c1cc([2H])c2c(c1[2H])c1c([2H])c([2H])cc([2H])c1n2-c1cc(-c2cccc3c2oc2ccccc23)ccc1-c1nc(-c2ccccc2)nc(-c2ccc3ccccc3c2)n1. The number of nitrogens with zero attached hydrogens (tertiary/aromatic N) is 4. The number of para-hydroxylation sites is 4. The van der Waals surface area contributed by atoms with Crippen LogP contribution < -0.4 is 0 Å². The first-order chi connectivity index (χ1) is 29.2. The van der Waals surface area contributed by atoms with Gasteiger partial charge < -0.3 is 8.98 Å². The van der Waals surface area contributed by atoms with Crippen molar-refractivity contribution in [3.8, 4) is 51.0 Å². The van der Waals surface area contributed by atoms with Crippen LogP contribution in [-0.4, -0.2) is 19.5 Å². The van der Waals surface area contributed by atoms with E-state index in [0.717, 1.165) is 49.4 Å². The van der Waals surface area contributed by atoms with E-state index >= 15 is 0 Å². The Morgan fingerprint density at radius 1 is 0.444 bits per heavy atom. The van der Waals surface area contributed by atoms with Crippen LogP contribution in [-0.2, 0) is 0 Å². The molecule has 252 valence electrons. The summed E-state index contributed by atoms with van der Waals surface area (Å²) in [4.78, 5) is 15.2. The fraction of sp³-hybridized carbons (Fsp3) is 0. The Kier molecular flexibility index (Phi) is 5.55. The summed E-state index contributed by atoms with van der Waals surface area (Å²) in [6.45, 7) is 0. The van der Waals surface area contributed by atoms with Gasteiger partial charge in [-0.25, -0.2) is 15.0 Å². The predicted molar refractivity (Wildman–Crippen MR) is 221 cm³/mol. The summed E-state index contributed by atoms with van der Waals surface area (Å²) in [5, 5.41) is 4.34. The Hall–Kier alpha value is -7.37. The first-order valence-corrected chi connectivity index (χ1v) is 17.6. The lowest BCUT2D eigenvalue weighted by molar-refractivity contribution is 0.670. The van der Waals surface area contributed by atoms with Crippen molar-refractivity contribution in [3.05, 3.63) is 182 Å². The second-order valence-corrected chi connectivity index (χ2v) is 13.1. The van der Waals surface area contributed by atoms with Gasteiger partial charge in [-0.1, -0.05) is 145 Å². The minimum absolute atomic E-state index is 0.0688. The van der Waals surface area contributed by atoms with Crippen molar-refractivity contribution in [1.29, 1.82) is 0 Å². The molecule has 0 atom stereocenters. The zero-order valence-electron chi connectivity index (χ0n) is 34.6. The molecular formula is C49H30N4O. The Labute approximate surface area is 318 Å². The molecule has 0 saturated carbocycles. The predicted octanol–water partition coefficient (Wildman–Crippen LogP) is 12.7. The number of rotatable bonds is 5. The van der Waals surface area contributed by atoms with E-state index in [4.69, 9.17) is 24.9 Å². The first kappa shape index (κ1) is 24.8. The highest BCUT2D eigenvalue weighted by Gasteiger charge is 2.21. The molecule has 11 rings (SSSR count). The van der Waals surface area contributed by atoms with Gasteiger partial charge in [-0.15, -0.1) is 0 Å². The quantitative estimate of drug-likeness (QED) is 0.180. The maximum atomic E-state index is 9.29. The number of aromatic nitrogens is 4. The van der Waals surface area contributed by atoms with Crippen LogP contribution in [0.1, 0.15) is 8.22 Å². The van der Waals surface area contributed by atoms with Gasteiger partial charge in [0.25, 0.3) is 0 Å². The minimum Gasteiger partial charge on any atom is -0.455 e. The van der Waals surface area contributed by atoms with Crippen LogP contribution in [0, 0.1) is 0 Å². The minimum atomic E-state index is -0.196. The van der Waals surface area contributed by atoms with Crippen LogP contribution in [0.15, 0.2) is 186 Å². The second-order valence-electron chi connectivity index (χ2n) is 13.1. The van der Waals surface area contributed by atoms with Gasteiger partial charge in [0.2, 0.25) is 0 Å².